The van der Waals surface area contributed by atoms with E-state index in [9.17, 15) is 9.59 Å². The third kappa shape index (κ3) is 6.53. The van der Waals surface area contributed by atoms with Gasteiger partial charge in [-0.05, 0) is 31.3 Å². The van der Waals surface area contributed by atoms with E-state index in [-0.39, 0.29) is 12.5 Å². The summed E-state index contributed by atoms with van der Waals surface area (Å²) in [6.07, 6.45) is 0. The summed E-state index contributed by atoms with van der Waals surface area (Å²) in [7, 11) is 3.24. The quantitative estimate of drug-likeness (QED) is 0.814. The summed E-state index contributed by atoms with van der Waals surface area (Å²) in [5.41, 5.74) is 0. The van der Waals surface area contributed by atoms with Crippen LogP contribution in [0.3, 0.4) is 0 Å². The average molecular weight is 344 g/mol. The molecular formula is C13H18BrN3O3. The number of urea groups is 1. The summed E-state index contributed by atoms with van der Waals surface area (Å²) >= 11 is 3.35. The SMILES string of the molecule is CNC(=O)NC(=O)CN(C)CCOc1ccc(Br)cc1. The predicted molar refractivity (Wildman–Crippen MR) is 79.7 cm³/mol. The van der Waals surface area contributed by atoms with Gasteiger partial charge < -0.3 is 10.1 Å². The second-order valence-corrected chi connectivity index (χ2v) is 5.08. The normalized spacial score (nSPS) is 10.2. The van der Waals surface area contributed by atoms with Crippen LogP contribution in [0, 0.1) is 0 Å². The first-order chi connectivity index (χ1) is 9.51. The second kappa shape index (κ2) is 8.55. The van der Waals surface area contributed by atoms with Crippen LogP contribution in [-0.4, -0.2) is 50.6 Å². The first-order valence-corrected chi connectivity index (χ1v) is 6.89. The van der Waals surface area contributed by atoms with Gasteiger partial charge in [-0.25, -0.2) is 4.79 Å². The van der Waals surface area contributed by atoms with E-state index < -0.39 is 6.03 Å². The molecule has 0 unspecified atom stereocenters. The Morgan fingerprint density at radius 3 is 2.55 bits per heavy atom. The van der Waals surface area contributed by atoms with E-state index in [2.05, 4.69) is 26.6 Å². The number of carbonyl (C=O) groups is 2. The molecule has 110 valence electrons. The van der Waals surface area contributed by atoms with Gasteiger partial charge in [0.15, 0.2) is 0 Å². The smallest absolute Gasteiger partial charge is 0.321 e. The van der Waals surface area contributed by atoms with Gasteiger partial charge in [0, 0.05) is 18.1 Å². The van der Waals surface area contributed by atoms with Crippen molar-refractivity contribution in [1.29, 1.82) is 0 Å². The molecule has 0 radical (unpaired) electrons. The van der Waals surface area contributed by atoms with Gasteiger partial charge in [-0.3, -0.25) is 15.0 Å². The number of hydrogen-bond acceptors (Lipinski definition) is 4. The summed E-state index contributed by atoms with van der Waals surface area (Å²) in [5.74, 6) is 0.423. The molecule has 0 spiro atoms. The molecule has 0 aromatic heterocycles. The van der Waals surface area contributed by atoms with E-state index in [1.807, 2.05) is 24.3 Å². The van der Waals surface area contributed by atoms with Crippen molar-refractivity contribution in [3.05, 3.63) is 28.7 Å². The molecule has 7 heteroatoms. The van der Waals surface area contributed by atoms with Crippen LogP contribution in [0.5, 0.6) is 5.75 Å². The third-order valence-corrected chi connectivity index (χ3v) is 2.98. The number of hydrogen-bond donors (Lipinski definition) is 2. The Bertz CT molecular complexity index is 451. The van der Waals surface area contributed by atoms with E-state index >= 15 is 0 Å². The number of nitrogens with zero attached hydrogens (tertiary/aromatic N) is 1. The van der Waals surface area contributed by atoms with Crippen LogP contribution < -0.4 is 15.4 Å². The van der Waals surface area contributed by atoms with Crippen molar-refractivity contribution in [1.82, 2.24) is 15.5 Å². The Morgan fingerprint density at radius 2 is 1.95 bits per heavy atom. The fourth-order valence-electron chi connectivity index (χ4n) is 1.40. The van der Waals surface area contributed by atoms with Crippen LogP contribution >= 0.6 is 15.9 Å². The minimum Gasteiger partial charge on any atom is -0.492 e. The zero-order valence-electron chi connectivity index (χ0n) is 11.5. The topological polar surface area (TPSA) is 70.7 Å². The van der Waals surface area contributed by atoms with Gasteiger partial charge in [-0.15, -0.1) is 0 Å². The van der Waals surface area contributed by atoms with Crippen LogP contribution in [0.1, 0.15) is 0 Å². The fraction of sp³-hybridized carbons (Fsp3) is 0.385. The number of likely N-dealkylation sites (N-methyl/N-ethyl adjacent to an activating group) is 1. The molecule has 3 amide bonds. The van der Waals surface area contributed by atoms with Crippen molar-refractivity contribution in [2.75, 3.05) is 33.8 Å². The number of rotatable bonds is 6. The minimum atomic E-state index is -0.505. The summed E-state index contributed by atoms with van der Waals surface area (Å²) in [6, 6.07) is 7.02. The van der Waals surface area contributed by atoms with E-state index in [1.165, 1.54) is 7.05 Å². The van der Waals surface area contributed by atoms with Crippen LogP contribution in [0.15, 0.2) is 28.7 Å². The van der Waals surface area contributed by atoms with Crippen molar-refractivity contribution in [2.45, 2.75) is 0 Å². The largest absolute Gasteiger partial charge is 0.492 e. The highest BCUT2D eigenvalue weighted by molar-refractivity contribution is 9.10. The maximum atomic E-state index is 11.4. The van der Waals surface area contributed by atoms with Crippen molar-refractivity contribution < 1.29 is 14.3 Å². The van der Waals surface area contributed by atoms with Crippen molar-refractivity contribution in [3.8, 4) is 5.75 Å². The Hall–Kier alpha value is -1.60. The standard InChI is InChI=1S/C13H18BrN3O3/c1-15-13(19)16-12(18)9-17(2)7-8-20-11-5-3-10(14)4-6-11/h3-6H,7-9H2,1-2H3,(H2,15,16,18,19). The molecular weight excluding hydrogens is 326 g/mol. The van der Waals surface area contributed by atoms with Crippen LogP contribution in [0.4, 0.5) is 4.79 Å². The van der Waals surface area contributed by atoms with Gasteiger partial charge in [-0.2, -0.15) is 0 Å². The first kappa shape index (κ1) is 16.5. The van der Waals surface area contributed by atoms with E-state index in [0.29, 0.717) is 13.2 Å². The number of benzene rings is 1. The zero-order valence-corrected chi connectivity index (χ0v) is 13.1. The maximum Gasteiger partial charge on any atom is 0.321 e. The van der Waals surface area contributed by atoms with Gasteiger partial charge in [0.2, 0.25) is 5.91 Å². The molecule has 0 saturated heterocycles. The van der Waals surface area contributed by atoms with Gasteiger partial charge in [0.1, 0.15) is 12.4 Å². The number of nitrogens with one attached hydrogen (secondary N) is 2. The van der Waals surface area contributed by atoms with Crippen LogP contribution in [0.2, 0.25) is 0 Å². The summed E-state index contributed by atoms with van der Waals surface area (Å²) < 4.78 is 6.54. The number of imide groups is 1. The molecule has 0 heterocycles. The Morgan fingerprint density at radius 1 is 1.30 bits per heavy atom. The van der Waals surface area contributed by atoms with Crippen LogP contribution in [0.25, 0.3) is 0 Å². The number of ether oxygens (including phenoxy) is 1. The van der Waals surface area contributed by atoms with Crippen molar-refractivity contribution >= 4 is 27.9 Å². The van der Waals surface area contributed by atoms with Gasteiger partial charge in [0.25, 0.3) is 0 Å². The Kier molecular flexibility index (Phi) is 7.03. The maximum absolute atomic E-state index is 11.4. The number of amides is 3. The molecule has 0 bridgehead atoms. The molecule has 0 aliphatic carbocycles. The van der Waals surface area contributed by atoms with E-state index in [1.54, 1.807) is 11.9 Å². The minimum absolute atomic E-state index is 0.136. The predicted octanol–water partition coefficient (Wildman–Crippen LogP) is 1.22. The van der Waals surface area contributed by atoms with Gasteiger partial charge >= 0.3 is 6.03 Å². The Labute approximate surface area is 126 Å². The molecule has 0 aliphatic heterocycles. The fourth-order valence-corrected chi connectivity index (χ4v) is 1.67. The molecule has 1 aromatic rings. The van der Waals surface area contributed by atoms with Crippen molar-refractivity contribution in [2.24, 2.45) is 0 Å². The molecule has 0 fully saturated rings. The molecule has 2 N–H and O–H groups in total. The highest BCUT2D eigenvalue weighted by Crippen LogP contribution is 2.15. The highest BCUT2D eigenvalue weighted by atomic mass is 79.9. The van der Waals surface area contributed by atoms with Gasteiger partial charge in [-0.1, -0.05) is 15.9 Å². The van der Waals surface area contributed by atoms with Crippen LogP contribution in [-0.2, 0) is 4.79 Å². The molecule has 20 heavy (non-hydrogen) atoms. The second-order valence-electron chi connectivity index (χ2n) is 4.17. The monoisotopic (exact) mass is 343 g/mol. The summed E-state index contributed by atoms with van der Waals surface area (Å²) in [5, 5.41) is 4.52. The lowest BCUT2D eigenvalue weighted by molar-refractivity contribution is -0.120. The molecule has 0 atom stereocenters. The lowest BCUT2D eigenvalue weighted by atomic mass is 10.3. The zero-order chi connectivity index (χ0) is 15.0. The lowest BCUT2D eigenvalue weighted by Gasteiger charge is -2.16. The van der Waals surface area contributed by atoms with Gasteiger partial charge in [0.05, 0.1) is 6.54 Å². The number of carbonyl (C=O) groups excluding carboxylic acids is 2. The average Bonchev–Trinajstić information content (AvgIpc) is 2.40. The lowest BCUT2D eigenvalue weighted by Crippen LogP contribution is -2.43. The summed E-state index contributed by atoms with van der Waals surface area (Å²) in [6.45, 7) is 1.18. The number of halogens is 1. The molecule has 6 nitrogen and oxygen atoms in total. The molecule has 1 aromatic carbocycles. The van der Waals surface area contributed by atoms with E-state index in [0.717, 1.165) is 10.2 Å². The van der Waals surface area contributed by atoms with E-state index in [4.69, 9.17) is 4.74 Å². The first-order valence-electron chi connectivity index (χ1n) is 6.09. The highest BCUT2D eigenvalue weighted by Gasteiger charge is 2.09. The summed E-state index contributed by atoms with van der Waals surface area (Å²) in [4.78, 5) is 24.1. The third-order valence-electron chi connectivity index (χ3n) is 2.45. The molecule has 1 rings (SSSR count). The molecule has 0 saturated carbocycles. The van der Waals surface area contributed by atoms with Crippen molar-refractivity contribution in [3.63, 3.8) is 0 Å². The Balaban J connectivity index is 2.22. The molecule has 0 aliphatic rings.